The molecule has 0 aliphatic carbocycles. The van der Waals surface area contributed by atoms with Gasteiger partial charge in [-0.1, -0.05) is 11.6 Å². The molecule has 1 aliphatic rings. The van der Waals surface area contributed by atoms with Crippen molar-refractivity contribution in [1.82, 2.24) is 9.88 Å². The molecule has 0 radical (unpaired) electrons. The maximum absolute atomic E-state index is 12.6. The van der Waals surface area contributed by atoms with Gasteiger partial charge in [0.1, 0.15) is 5.75 Å². The van der Waals surface area contributed by atoms with E-state index in [1.165, 1.54) is 17.8 Å². The van der Waals surface area contributed by atoms with Crippen LogP contribution < -0.4 is 10.1 Å². The molecule has 9 heteroatoms. The third-order valence-corrected chi connectivity index (χ3v) is 6.45. The smallest absolute Gasteiger partial charge is 0.337 e. The fourth-order valence-electron chi connectivity index (χ4n) is 3.67. The van der Waals surface area contributed by atoms with Crippen LogP contribution in [-0.4, -0.2) is 33.3 Å². The van der Waals surface area contributed by atoms with E-state index in [0.29, 0.717) is 22.4 Å². The van der Waals surface area contributed by atoms with Crippen LogP contribution in [-0.2, 0) is 4.79 Å². The van der Waals surface area contributed by atoms with Gasteiger partial charge < -0.3 is 19.7 Å². The number of carbonyl (C=O) groups is 2. The van der Waals surface area contributed by atoms with Crippen LogP contribution in [0.3, 0.4) is 0 Å². The van der Waals surface area contributed by atoms with Crippen molar-refractivity contribution in [3.8, 4) is 11.4 Å². The SMILES string of the molecule is CCOc1ccc(N=C2NC(=O)/C(=C/c3cc(C)n(-c4ccc(C(=O)O)c(Cl)c4)c3C)S2)cc1. The van der Waals surface area contributed by atoms with Gasteiger partial charge in [-0.05, 0) is 92.7 Å². The standard InChI is InChI=1S/C25H22ClN3O4S/c1-4-33-19-8-5-17(6-9-19)27-25-28-23(30)22(34-25)12-16-11-14(2)29(15(16)3)18-7-10-20(24(31)32)21(26)13-18/h5-13H,4H2,1-3H3,(H,31,32)(H,27,28,30)/b22-12-. The maximum Gasteiger partial charge on any atom is 0.337 e. The van der Waals surface area contributed by atoms with E-state index in [2.05, 4.69) is 10.3 Å². The van der Waals surface area contributed by atoms with Gasteiger partial charge >= 0.3 is 5.97 Å². The number of aromatic nitrogens is 1. The number of aromatic carboxylic acids is 1. The number of amidine groups is 1. The molecule has 0 spiro atoms. The molecule has 0 saturated carbocycles. The minimum atomic E-state index is -1.07. The molecular weight excluding hydrogens is 474 g/mol. The first-order valence-corrected chi connectivity index (χ1v) is 11.7. The summed E-state index contributed by atoms with van der Waals surface area (Å²) in [5.41, 5.74) is 4.21. The Balaban J connectivity index is 1.59. The van der Waals surface area contributed by atoms with Crippen molar-refractivity contribution >= 4 is 52.2 Å². The molecule has 3 aromatic rings. The molecule has 1 aromatic heterocycles. The minimum Gasteiger partial charge on any atom is -0.494 e. The number of nitrogens with one attached hydrogen (secondary N) is 1. The van der Waals surface area contributed by atoms with Crippen molar-refractivity contribution in [3.63, 3.8) is 0 Å². The van der Waals surface area contributed by atoms with Crippen molar-refractivity contribution in [2.75, 3.05) is 6.61 Å². The lowest BCUT2D eigenvalue weighted by atomic mass is 10.2. The number of thioether (sulfide) groups is 1. The fraction of sp³-hybridized carbons (Fsp3) is 0.160. The van der Waals surface area contributed by atoms with Gasteiger partial charge in [-0.2, -0.15) is 0 Å². The van der Waals surface area contributed by atoms with Crippen LogP contribution in [0, 0.1) is 13.8 Å². The van der Waals surface area contributed by atoms with E-state index >= 15 is 0 Å². The van der Waals surface area contributed by atoms with Crippen LogP contribution in [0.25, 0.3) is 11.8 Å². The molecule has 1 fully saturated rings. The van der Waals surface area contributed by atoms with Crippen LogP contribution in [0.4, 0.5) is 5.69 Å². The van der Waals surface area contributed by atoms with Gasteiger partial charge in [0.25, 0.3) is 5.91 Å². The van der Waals surface area contributed by atoms with Crippen molar-refractivity contribution in [2.45, 2.75) is 20.8 Å². The summed E-state index contributed by atoms with van der Waals surface area (Å²) in [5.74, 6) is -0.521. The first-order chi connectivity index (χ1) is 16.3. The molecule has 0 atom stereocenters. The monoisotopic (exact) mass is 495 g/mol. The maximum atomic E-state index is 12.6. The number of nitrogens with zero attached hydrogens (tertiary/aromatic N) is 2. The Morgan fingerprint density at radius 1 is 1.21 bits per heavy atom. The molecule has 0 bridgehead atoms. The highest BCUT2D eigenvalue weighted by Crippen LogP contribution is 2.31. The van der Waals surface area contributed by atoms with Crippen molar-refractivity contribution in [2.24, 2.45) is 4.99 Å². The lowest BCUT2D eigenvalue weighted by molar-refractivity contribution is -0.115. The third kappa shape index (κ3) is 4.88. The van der Waals surface area contributed by atoms with E-state index in [0.717, 1.165) is 28.4 Å². The Morgan fingerprint density at radius 2 is 1.94 bits per heavy atom. The number of carbonyl (C=O) groups excluding carboxylic acids is 1. The highest BCUT2D eigenvalue weighted by molar-refractivity contribution is 8.18. The summed E-state index contributed by atoms with van der Waals surface area (Å²) >= 11 is 7.44. The number of benzene rings is 2. The van der Waals surface area contributed by atoms with E-state index in [1.807, 2.05) is 61.7 Å². The topological polar surface area (TPSA) is 92.9 Å². The number of amides is 1. The van der Waals surface area contributed by atoms with Crippen LogP contribution in [0.15, 0.2) is 58.4 Å². The van der Waals surface area contributed by atoms with Gasteiger partial charge in [-0.15, -0.1) is 0 Å². The van der Waals surface area contributed by atoms with E-state index in [1.54, 1.807) is 12.1 Å². The van der Waals surface area contributed by atoms with E-state index in [4.69, 9.17) is 16.3 Å². The summed E-state index contributed by atoms with van der Waals surface area (Å²) in [6.07, 6.45) is 1.83. The summed E-state index contributed by atoms with van der Waals surface area (Å²) in [6, 6.07) is 14.1. The largest absolute Gasteiger partial charge is 0.494 e. The Kier molecular flexibility index (Phi) is 6.81. The molecule has 2 N–H and O–H groups in total. The summed E-state index contributed by atoms with van der Waals surface area (Å²) in [4.78, 5) is 28.9. The molecule has 2 aromatic carbocycles. The molecule has 4 rings (SSSR count). The number of halogens is 1. The minimum absolute atomic E-state index is 0.0496. The predicted octanol–water partition coefficient (Wildman–Crippen LogP) is 5.74. The summed E-state index contributed by atoms with van der Waals surface area (Å²) in [7, 11) is 0. The normalized spacial score (nSPS) is 15.7. The molecular formula is C25H22ClN3O4S. The molecule has 174 valence electrons. The summed E-state index contributed by atoms with van der Waals surface area (Å²) < 4.78 is 7.41. The van der Waals surface area contributed by atoms with Gasteiger partial charge in [-0.3, -0.25) is 4.79 Å². The van der Waals surface area contributed by atoms with Gasteiger partial charge in [-0.25, -0.2) is 9.79 Å². The molecule has 34 heavy (non-hydrogen) atoms. The zero-order chi connectivity index (χ0) is 24.4. The van der Waals surface area contributed by atoms with Gasteiger partial charge in [0.05, 0.1) is 27.8 Å². The highest BCUT2D eigenvalue weighted by atomic mass is 35.5. The Bertz CT molecular complexity index is 1340. The average molecular weight is 496 g/mol. The first-order valence-electron chi connectivity index (χ1n) is 10.5. The van der Waals surface area contributed by atoms with Crippen molar-refractivity contribution < 1.29 is 19.4 Å². The highest BCUT2D eigenvalue weighted by Gasteiger charge is 2.25. The molecule has 0 unspecified atom stereocenters. The number of rotatable bonds is 6. The van der Waals surface area contributed by atoms with E-state index < -0.39 is 5.97 Å². The predicted molar refractivity (Wildman–Crippen MR) is 136 cm³/mol. The van der Waals surface area contributed by atoms with E-state index in [9.17, 15) is 14.7 Å². The number of ether oxygens (including phenoxy) is 1. The lowest BCUT2D eigenvalue weighted by Crippen LogP contribution is -2.19. The van der Waals surface area contributed by atoms with Crippen LogP contribution in [0.2, 0.25) is 5.02 Å². The number of carboxylic acids is 1. The van der Waals surface area contributed by atoms with Crippen LogP contribution >= 0.6 is 23.4 Å². The van der Waals surface area contributed by atoms with Crippen molar-refractivity contribution in [1.29, 1.82) is 0 Å². The quantitative estimate of drug-likeness (QED) is 0.425. The van der Waals surface area contributed by atoms with Crippen molar-refractivity contribution in [3.05, 3.63) is 81.0 Å². The summed E-state index contributed by atoms with van der Waals surface area (Å²) in [6.45, 7) is 6.39. The zero-order valence-corrected chi connectivity index (χ0v) is 20.3. The zero-order valence-electron chi connectivity index (χ0n) is 18.8. The third-order valence-electron chi connectivity index (χ3n) is 5.23. The number of aliphatic imine (C=N–C) groups is 1. The molecule has 2 heterocycles. The second kappa shape index (κ2) is 9.79. The summed E-state index contributed by atoms with van der Waals surface area (Å²) in [5, 5.41) is 12.7. The Morgan fingerprint density at radius 3 is 2.59 bits per heavy atom. The number of carboxylic acid groups (broad SMARTS) is 1. The Labute approximate surface area is 206 Å². The molecule has 1 amide bonds. The van der Waals surface area contributed by atoms with Crippen LogP contribution in [0.5, 0.6) is 5.75 Å². The lowest BCUT2D eigenvalue weighted by Gasteiger charge is -2.11. The molecule has 1 aliphatic heterocycles. The van der Waals surface area contributed by atoms with Crippen LogP contribution in [0.1, 0.15) is 34.2 Å². The second-order valence-corrected chi connectivity index (χ2v) is 8.98. The first kappa shape index (κ1) is 23.7. The Hall–Kier alpha value is -3.49. The van der Waals surface area contributed by atoms with Gasteiger partial charge in [0, 0.05) is 17.1 Å². The fourth-order valence-corrected chi connectivity index (χ4v) is 4.76. The number of aryl methyl sites for hydroxylation is 1. The number of hydrogen-bond acceptors (Lipinski definition) is 5. The number of hydrogen-bond donors (Lipinski definition) is 2. The average Bonchev–Trinajstić information content (AvgIpc) is 3.27. The molecule has 1 saturated heterocycles. The van der Waals surface area contributed by atoms with Gasteiger partial charge in [0.2, 0.25) is 0 Å². The molecule has 7 nitrogen and oxygen atoms in total. The van der Waals surface area contributed by atoms with E-state index in [-0.39, 0.29) is 16.5 Å². The second-order valence-electron chi connectivity index (χ2n) is 7.54. The van der Waals surface area contributed by atoms with Gasteiger partial charge in [0.15, 0.2) is 5.17 Å².